The van der Waals surface area contributed by atoms with Gasteiger partial charge in [0.05, 0.1) is 25.4 Å². The van der Waals surface area contributed by atoms with Crippen LogP contribution in [0.4, 0.5) is 0 Å². The Labute approximate surface area is 441 Å². The first kappa shape index (κ1) is 68.3. The van der Waals surface area contributed by atoms with Gasteiger partial charge in [-0.15, -0.1) is 0 Å². The first-order valence-electron chi connectivity index (χ1n) is 30.4. The monoisotopic (exact) mass is 1020 g/mol. The molecule has 0 aromatic carbocycles. The van der Waals surface area contributed by atoms with Gasteiger partial charge in [0, 0.05) is 0 Å². The van der Waals surface area contributed by atoms with Gasteiger partial charge in [-0.3, -0.25) is 4.79 Å². The van der Waals surface area contributed by atoms with Crippen LogP contribution in [-0.2, 0) is 14.3 Å². The molecule has 72 heavy (non-hydrogen) atoms. The number of hydrogen-bond acceptors (Lipinski definition) is 10. The van der Waals surface area contributed by atoms with E-state index in [1.807, 2.05) is 0 Å². The maximum absolute atomic E-state index is 13.2. The zero-order valence-corrected chi connectivity index (χ0v) is 46.4. The molecule has 1 amide bonds. The fourth-order valence-corrected chi connectivity index (χ4v) is 9.69. The molecule has 0 radical (unpaired) electrons. The van der Waals surface area contributed by atoms with Gasteiger partial charge in [0.2, 0.25) is 5.91 Å². The highest BCUT2D eigenvalue weighted by molar-refractivity contribution is 5.80. The molecule has 11 heteroatoms. The Kier molecular flexibility index (Phi) is 47.6. The summed E-state index contributed by atoms with van der Waals surface area (Å²) in [5.41, 5.74) is 0. The molecule has 424 valence electrons. The molecule has 0 aliphatic carbocycles. The molecule has 1 aliphatic rings. The number of aliphatic hydroxyl groups excluding tert-OH is 7. The van der Waals surface area contributed by atoms with Crippen LogP contribution in [0, 0.1) is 0 Å². The molecule has 1 rings (SSSR count). The summed E-state index contributed by atoms with van der Waals surface area (Å²) >= 11 is 0. The number of amides is 1. The molecule has 0 aromatic rings. The van der Waals surface area contributed by atoms with Crippen LogP contribution >= 0.6 is 0 Å². The Morgan fingerprint density at radius 3 is 1.24 bits per heavy atom. The van der Waals surface area contributed by atoms with Crippen LogP contribution in [0.3, 0.4) is 0 Å². The van der Waals surface area contributed by atoms with Crippen molar-refractivity contribution in [2.45, 2.75) is 332 Å². The van der Waals surface area contributed by atoms with E-state index in [1.165, 1.54) is 173 Å². The second kappa shape index (κ2) is 50.2. The highest BCUT2D eigenvalue weighted by atomic mass is 16.7. The lowest BCUT2D eigenvalue weighted by Gasteiger charge is -2.40. The van der Waals surface area contributed by atoms with Crippen molar-refractivity contribution < 1.29 is 50.0 Å². The van der Waals surface area contributed by atoms with Gasteiger partial charge in [0.1, 0.15) is 36.6 Å². The van der Waals surface area contributed by atoms with Gasteiger partial charge in [-0.1, -0.05) is 237 Å². The maximum atomic E-state index is 13.2. The Bertz CT molecular complexity index is 1260. The molecule has 1 fully saturated rings. The lowest BCUT2D eigenvalue weighted by Crippen LogP contribution is -2.60. The largest absolute Gasteiger partial charge is 0.394 e. The van der Waals surface area contributed by atoms with Crippen molar-refractivity contribution in [2.24, 2.45) is 0 Å². The van der Waals surface area contributed by atoms with E-state index in [1.54, 1.807) is 0 Å². The van der Waals surface area contributed by atoms with E-state index >= 15 is 0 Å². The van der Waals surface area contributed by atoms with E-state index in [0.717, 1.165) is 57.8 Å². The number of rotatable bonds is 52. The zero-order valence-electron chi connectivity index (χ0n) is 46.4. The van der Waals surface area contributed by atoms with Crippen molar-refractivity contribution in [2.75, 3.05) is 13.2 Å². The molecule has 0 bridgehead atoms. The maximum Gasteiger partial charge on any atom is 0.249 e. The molecular formula is C61H115NO10. The predicted molar refractivity (Wildman–Crippen MR) is 298 cm³/mol. The third kappa shape index (κ3) is 38.0. The zero-order chi connectivity index (χ0) is 52.5. The van der Waals surface area contributed by atoms with Crippen molar-refractivity contribution in [3.63, 3.8) is 0 Å². The van der Waals surface area contributed by atoms with Crippen LogP contribution in [0.15, 0.2) is 36.5 Å². The minimum absolute atomic E-state index is 0.244. The van der Waals surface area contributed by atoms with Crippen molar-refractivity contribution >= 4 is 5.91 Å². The third-order valence-electron chi connectivity index (χ3n) is 14.6. The summed E-state index contributed by atoms with van der Waals surface area (Å²) in [5, 5.41) is 76.2. The summed E-state index contributed by atoms with van der Waals surface area (Å²) in [5.74, 6) is -0.713. The lowest BCUT2D eigenvalue weighted by molar-refractivity contribution is -0.303. The Hall–Kier alpha value is -1.67. The van der Waals surface area contributed by atoms with Crippen LogP contribution in [0.1, 0.15) is 277 Å². The number of nitrogens with one attached hydrogen (secondary N) is 1. The average Bonchev–Trinajstić information content (AvgIpc) is 3.38. The van der Waals surface area contributed by atoms with Gasteiger partial charge in [0.15, 0.2) is 6.29 Å². The summed E-state index contributed by atoms with van der Waals surface area (Å²) in [4.78, 5) is 13.2. The van der Waals surface area contributed by atoms with E-state index in [-0.39, 0.29) is 12.8 Å². The third-order valence-corrected chi connectivity index (χ3v) is 14.6. The molecule has 9 unspecified atom stereocenters. The first-order chi connectivity index (χ1) is 35.2. The summed E-state index contributed by atoms with van der Waals surface area (Å²) in [6.45, 7) is 3.46. The smallest absolute Gasteiger partial charge is 0.249 e. The summed E-state index contributed by atoms with van der Waals surface area (Å²) < 4.78 is 11.1. The van der Waals surface area contributed by atoms with Gasteiger partial charge < -0.3 is 50.5 Å². The fourth-order valence-electron chi connectivity index (χ4n) is 9.69. The molecule has 8 N–H and O–H groups in total. The number of carbonyl (C=O) groups excluding carboxylic acids is 1. The number of hydrogen-bond donors (Lipinski definition) is 8. The van der Waals surface area contributed by atoms with Gasteiger partial charge in [-0.2, -0.15) is 0 Å². The molecule has 0 saturated carbocycles. The van der Waals surface area contributed by atoms with E-state index in [9.17, 15) is 40.5 Å². The second-order valence-electron chi connectivity index (χ2n) is 21.4. The van der Waals surface area contributed by atoms with Gasteiger partial charge in [0.25, 0.3) is 0 Å². The Morgan fingerprint density at radius 2 is 0.833 bits per heavy atom. The SMILES string of the molecule is CCCCCCCCCCC/C=C\CCCCCCCCC(O)C(=O)NC(COC1OC(CO)C(O)C(O)C1O)C(O)C(O)CCC/C=C/CC/C=C/CCCCCCCCCCCCCCCCCCC. The minimum atomic E-state index is -1.67. The second-order valence-corrected chi connectivity index (χ2v) is 21.4. The molecule has 1 saturated heterocycles. The van der Waals surface area contributed by atoms with Crippen LogP contribution in [0.2, 0.25) is 0 Å². The summed E-state index contributed by atoms with van der Waals surface area (Å²) in [7, 11) is 0. The number of ether oxygens (including phenoxy) is 2. The highest BCUT2D eigenvalue weighted by Gasteiger charge is 2.44. The topological polar surface area (TPSA) is 189 Å². The number of carbonyl (C=O) groups is 1. The number of aliphatic hydroxyl groups is 7. The van der Waals surface area contributed by atoms with Crippen LogP contribution in [-0.4, -0.2) is 110 Å². The van der Waals surface area contributed by atoms with Crippen molar-refractivity contribution in [1.82, 2.24) is 5.32 Å². The van der Waals surface area contributed by atoms with Crippen LogP contribution in [0.5, 0.6) is 0 Å². The number of allylic oxidation sites excluding steroid dienone is 6. The van der Waals surface area contributed by atoms with Gasteiger partial charge in [-0.05, 0) is 77.0 Å². The average molecular weight is 1020 g/mol. The quantitative estimate of drug-likeness (QED) is 0.0215. The normalized spacial score (nSPS) is 20.3. The van der Waals surface area contributed by atoms with E-state index < -0.39 is 74.2 Å². The van der Waals surface area contributed by atoms with Gasteiger partial charge >= 0.3 is 0 Å². The van der Waals surface area contributed by atoms with Crippen molar-refractivity contribution in [3.05, 3.63) is 36.5 Å². The molecule has 0 aromatic heterocycles. The lowest BCUT2D eigenvalue weighted by atomic mass is 9.98. The molecule has 0 spiro atoms. The van der Waals surface area contributed by atoms with Crippen LogP contribution < -0.4 is 5.32 Å². The molecule has 9 atom stereocenters. The van der Waals surface area contributed by atoms with Crippen molar-refractivity contribution in [1.29, 1.82) is 0 Å². The van der Waals surface area contributed by atoms with Crippen LogP contribution in [0.25, 0.3) is 0 Å². The van der Waals surface area contributed by atoms with E-state index in [0.29, 0.717) is 19.3 Å². The molecule has 11 nitrogen and oxygen atoms in total. The highest BCUT2D eigenvalue weighted by Crippen LogP contribution is 2.23. The van der Waals surface area contributed by atoms with Gasteiger partial charge in [-0.25, -0.2) is 0 Å². The first-order valence-corrected chi connectivity index (χ1v) is 30.4. The number of unbranched alkanes of at least 4 members (excludes halogenated alkanes) is 34. The standard InChI is InChI=1S/C61H115NO10/c1-3-5-7-9-11-13-15-17-19-21-23-24-25-26-27-28-29-31-32-34-36-38-40-42-44-46-48-53(64)56(66)52(51-71-61-59(69)58(68)57(67)55(50-63)72-61)62-60(70)54(65)49-47-45-43-41-39-37-35-33-30-22-20-18-16-14-12-10-8-6-4-2/h30,32-34,40,42,52-59,61,63-69H,3-29,31,35-39,41,43-51H2,1-2H3,(H,62,70)/b33-30-,34-32+,42-40+. The fraction of sp³-hybridized carbons (Fsp3) is 0.885. The van der Waals surface area contributed by atoms with E-state index in [4.69, 9.17) is 9.47 Å². The van der Waals surface area contributed by atoms with E-state index in [2.05, 4.69) is 55.6 Å². The summed E-state index contributed by atoms with van der Waals surface area (Å²) in [6, 6.07) is -1.19. The minimum Gasteiger partial charge on any atom is -0.394 e. The Balaban J connectivity index is 2.32. The van der Waals surface area contributed by atoms with Crippen molar-refractivity contribution in [3.8, 4) is 0 Å². The summed E-state index contributed by atoms with van der Waals surface area (Å²) in [6.07, 6.45) is 50.6. The predicted octanol–water partition coefficient (Wildman–Crippen LogP) is 13.1. The molecular weight excluding hydrogens is 907 g/mol. The molecule has 1 heterocycles. The molecule has 1 aliphatic heterocycles. The Morgan fingerprint density at radius 1 is 0.472 bits per heavy atom.